The zero-order valence-corrected chi connectivity index (χ0v) is 9.16. The van der Waals surface area contributed by atoms with E-state index in [0.717, 1.165) is 30.8 Å². The maximum absolute atomic E-state index is 10.6. The van der Waals surface area contributed by atoms with E-state index in [1.54, 1.807) is 0 Å². The number of primary amides is 1. The minimum Gasteiger partial charge on any atom is -0.493 e. The Labute approximate surface area is 94.8 Å². The monoisotopic (exact) mass is 220 g/mol. The molecule has 0 spiro atoms. The predicted octanol–water partition coefficient (Wildman–Crippen LogP) is 0.587. The first-order valence-corrected chi connectivity index (χ1v) is 5.49. The van der Waals surface area contributed by atoms with Crippen LogP contribution >= 0.6 is 0 Å². The molecule has 0 radical (unpaired) electrons. The molecule has 0 bridgehead atoms. The average molecular weight is 220 g/mol. The topological polar surface area (TPSA) is 64.4 Å². The second-order valence-corrected chi connectivity index (χ2v) is 3.96. The van der Waals surface area contributed by atoms with Gasteiger partial charge in [0.15, 0.2) is 0 Å². The van der Waals surface area contributed by atoms with Gasteiger partial charge in [-0.05, 0) is 30.0 Å². The molecule has 2 rings (SSSR count). The quantitative estimate of drug-likeness (QED) is 0.780. The van der Waals surface area contributed by atoms with Gasteiger partial charge >= 0.3 is 0 Å². The molecule has 0 aromatic heterocycles. The van der Waals surface area contributed by atoms with E-state index in [2.05, 4.69) is 11.4 Å². The number of rotatable bonds is 4. The van der Waals surface area contributed by atoms with E-state index in [-0.39, 0.29) is 12.5 Å². The number of hydrogen-bond donors (Lipinski definition) is 2. The van der Waals surface area contributed by atoms with Crippen molar-refractivity contribution < 1.29 is 9.53 Å². The molecule has 0 aliphatic carbocycles. The summed E-state index contributed by atoms with van der Waals surface area (Å²) in [5, 5.41) is 2.99. The van der Waals surface area contributed by atoms with Crippen molar-refractivity contribution in [2.45, 2.75) is 19.4 Å². The van der Waals surface area contributed by atoms with Gasteiger partial charge in [0, 0.05) is 6.54 Å². The van der Waals surface area contributed by atoms with Gasteiger partial charge in [-0.3, -0.25) is 4.79 Å². The molecule has 1 heterocycles. The Kier molecular flexibility index (Phi) is 3.41. The highest BCUT2D eigenvalue weighted by molar-refractivity contribution is 5.75. The number of amides is 1. The third-order valence-electron chi connectivity index (χ3n) is 2.60. The van der Waals surface area contributed by atoms with Crippen LogP contribution in [0.3, 0.4) is 0 Å². The van der Waals surface area contributed by atoms with E-state index < -0.39 is 0 Å². The van der Waals surface area contributed by atoms with Gasteiger partial charge in [-0.25, -0.2) is 0 Å². The molecular formula is C12H16N2O2. The highest BCUT2D eigenvalue weighted by Crippen LogP contribution is 2.25. The molecule has 0 saturated carbocycles. The van der Waals surface area contributed by atoms with E-state index in [1.807, 2.05) is 12.1 Å². The van der Waals surface area contributed by atoms with Gasteiger partial charge in [-0.1, -0.05) is 12.1 Å². The number of nitrogens with two attached hydrogens (primary N) is 1. The maximum Gasteiger partial charge on any atom is 0.231 e. The van der Waals surface area contributed by atoms with Gasteiger partial charge in [0.2, 0.25) is 5.91 Å². The highest BCUT2D eigenvalue weighted by atomic mass is 16.5. The first kappa shape index (κ1) is 11.0. The number of ether oxygens (including phenoxy) is 1. The van der Waals surface area contributed by atoms with Gasteiger partial charge < -0.3 is 15.8 Å². The minimum absolute atomic E-state index is 0.216. The van der Waals surface area contributed by atoms with Crippen molar-refractivity contribution in [1.29, 1.82) is 0 Å². The van der Waals surface area contributed by atoms with Crippen LogP contribution in [0.15, 0.2) is 18.2 Å². The highest BCUT2D eigenvalue weighted by Gasteiger charge is 2.10. The molecule has 16 heavy (non-hydrogen) atoms. The second kappa shape index (κ2) is 4.99. The Morgan fingerprint density at radius 1 is 1.50 bits per heavy atom. The number of hydrogen-bond acceptors (Lipinski definition) is 3. The Bertz CT molecular complexity index is 391. The molecule has 3 N–H and O–H groups in total. The third kappa shape index (κ3) is 2.73. The minimum atomic E-state index is -0.332. The van der Waals surface area contributed by atoms with Gasteiger partial charge in [0.25, 0.3) is 0 Å². The van der Waals surface area contributed by atoms with Crippen LogP contribution in [0.4, 0.5) is 0 Å². The standard InChI is InChI=1S/C12H16N2O2/c13-12(15)8-14-7-9-3-4-11-10(6-9)2-1-5-16-11/h3-4,6,14H,1-2,5,7-8H2,(H2,13,15). The van der Waals surface area contributed by atoms with Crippen molar-refractivity contribution in [3.05, 3.63) is 29.3 Å². The molecule has 4 heteroatoms. The van der Waals surface area contributed by atoms with E-state index >= 15 is 0 Å². The molecule has 0 fully saturated rings. The fraction of sp³-hybridized carbons (Fsp3) is 0.417. The first-order valence-electron chi connectivity index (χ1n) is 5.49. The summed E-state index contributed by atoms with van der Waals surface area (Å²) in [6.45, 7) is 1.69. The van der Waals surface area contributed by atoms with Crippen LogP contribution in [-0.4, -0.2) is 19.1 Å². The summed E-state index contributed by atoms with van der Waals surface area (Å²) in [7, 11) is 0. The summed E-state index contributed by atoms with van der Waals surface area (Å²) in [6, 6.07) is 6.14. The van der Waals surface area contributed by atoms with Crippen LogP contribution in [0.25, 0.3) is 0 Å². The summed E-state index contributed by atoms with van der Waals surface area (Å²) >= 11 is 0. The van der Waals surface area contributed by atoms with Gasteiger partial charge in [-0.15, -0.1) is 0 Å². The van der Waals surface area contributed by atoms with E-state index in [9.17, 15) is 4.79 Å². The van der Waals surface area contributed by atoms with Crippen LogP contribution in [-0.2, 0) is 17.8 Å². The van der Waals surface area contributed by atoms with Crippen molar-refractivity contribution in [1.82, 2.24) is 5.32 Å². The average Bonchev–Trinajstić information content (AvgIpc) is 2.28. The largest absolute Gasteiger partial charge is 0.493 e. The van der Waals surface area contributed by atoms with Crippen molar-refractivity contribution in [3.8, 4) is 5.75 Å². The number of fused-ring (bicyclic) bond motifs is 1. The lowest BCUT2D eigenvalue weighted by Crippen LogP contribution is -2.28. The molecule has 0 unspecified atom stereocenters. The van der Waals surface area contributed by atoms with E-state index in [1.165, 1.54) is 5.56 Å². The number of carbonyl (C=O) groups is 1. The van der Waals surface area contributed by atoms with Crippen molar-refractivity contribution >= 4 is 5.91 Å². The molecule has 1 amide bonds. The Hall–Kier alpha value is -1.55. The molecule has 86 valence electrons. The van der Waals surface area contributed by atoms with Crippen LogP contribution in [0.1, 0.15) is 17.5 Å². The van der Waals surface area contributed by atoms with Crippen LogP contribution in [0.5, 0.6) is 5.75 Å². The normalized spacial score (nSPS) is 14.0. The van der Waals surface area contributed by atoms with Crippen LogP contribution in [0, 0.1) is 0 Å². The SMILES string of the molecule is NC(=O)CNCc1ccc2c(c1)CCCO2. The number of benzene rings is 1. The molecule has 1 aromatic rings. The van der Waals surface area contributed by atoms with Crippen molar-refractivity contribution in [2.24, 2.45) is 5.73 Å². The first-order chi connectivity index (χ1) is 7.75. The second-order valence-electron chi connectivity index (χ2n) is 3.96. The third-order valence-corrected chi connectivity index (χ3v) is 2.60. The smallest absolute Gasteiger partial charge is 0.231 e. The summed E-state index contributed by atoms with van der Waals surface area (Å²) in [5.74, 6) is 0.659. The predicted molar refractivity (Wildman–Crippen MR) is 61.2 cm³/mol. The van der Waals surface area contributed by atoms with Crippen molar-refractivity contribution in [2.75, 3.05) is 13.2 Å². The lowest BCUT2D eigenvalue weighted by molar-refractivity contribution is -0.117. The van der Waals surface area contributed by atoms with Crippen LogP contribution < -0.4 is 15.8 Å². The number of carbonyl (C=O) groups excluding carboxylic acids is 1. The Morgan fingerprint density at radius 2 is 2.38 bits per heavy atom. The van der Waals surface area contributed by atoms with Gasteiger partial charge in [0.1, 0.15) is 5.75 Å². The Balaban J connectivity index is 1.97. The number of aryl methyl sites for hydroxylation is 1. The lowest BCUT2D eigenvalue weighted by atomic mass is 10.0. The molecule has 1 aromatic carbocycles. The molecule has 1 aliphatic heterocycles. The lowest BCUT2D eigenvalue weighted by Gasteiger charge is -2.17. The van der Waals surface area contributed by atoms with E-state index in [4.69, 9.17) is 10.5 Å². The van der Waals surface area contributed by atoms with Crippen LogP contribution in [0.2, 0.25) is 0 Å². The summed E-state index contributed by atoms with van der Waals surface area (Å²) in [4.78, 5) is 10.6. The summed E-state index contributed by atoms with van der Waals surface area (Å²) < 4.78 is 5.53. The Morgan fingerprint density at radius 3 is 3.19 bits per heavy atom. The zero-order valence-electron chi connectivity index (χ0n) is 9.16. The molecule has 0 saturated heterocycles. The molecular weight excluding hydrogens is 204 g/mol. The van der Waals surface area contributed by atoms with Crippen molar-refractivity contribution in [3.63, 3.8) is 0 Å². The maximum atomic E-state index is 10.6. The zero-order chi connectivity index (χ0) is 11.4. The summed E-state index contributed by atoms with van der Waals surface area (Å²) in [6.07, 6.45) is 2.14. The van der Waals surface area contributed by atoms with Gasteiger partial charge in [0.05, 0.1) is 13.2 Å². The molecule has 1 aliphatic rings. The fourth-order valence-corrected chi connectivity index (χ4v) is 1.85. The van der Waals surface area contributed by atoms with Gasteiger partial charge in [-0.2, -0.15) is 0 Å². The molecule has 4 nitrogen and oxygen atoms in total. The number of nitrogens with one attached hydrogen (secondary N) is 1. The molecule has 0 atom stereocenters. The fourth-order valence-electron chi connectivity index (χ4n) is 1.85. The summed E-state index contributed by atoms with van der Waals surface area (Å²) in [5.41, 5.74) is 7.46. The van der Waals surface area contributed by atoms with E-state index in [0.29, 0.717) is 6.54 Å².